The molecule has 14 heavy (non-hydrogen) atoms. The van der Waals surface area contributed by atoms with Gasteiger partial charge in [0.25, 0.3) is 0 Å². The summed E-state index contributed by atoms with van der Waals surface area (Å²) in [4.78, 5) is 11.0. The second kappa shape index (κ2) is 5.07. The molecular formula is C11H14N2O. The Labute approximate surface area is 83.8 Å². The number of amides is 1. The van der Waals surface area contributed by atoms with E-state index in [1.807, 2.05) is 31.2 Å². The zero-order valence-corrected chi connectivity index (χ0v) is 8.21. The second-order valence-corrected chi connectivity index (χ2v) is 2.80. The predicted octanol–water partition coefficient (Wildman–Crippen LogP) is 2.24. The fourth-order valence-electron chi connectivity index (χ4n) is 1.10. The largest absolute Gasteiger partial charge is 0.385 e. The molecule has 0 aliphatic carbocycles. The summed E-state index contributed by atoms with van der Waals surface area (Å²) in [6.45, 7) is 6.27. The third-order valence-electron chi connectivity index (χ3n) is 1.70. The molecule has 1 amide bonds. The third kappa shape index (κ3) is 2.94. The van der Waals surface area contributed by atoms with Crippen LogP contribution in [0, 0.1) is 0 Å². The lowest BCUT2D eigenvalue weighted by Gasteiger charge is -2.06. The highest BCUT2D eigenvalue weighted by atomic mass is 16.1. The van der Waals surface area contributed by atoms with Gasteiger partial charge in [0.05, 0.1) is 0 Å². The molecule has 1 aromatic rings. The highest BCUT2D eigenvalue weighted by Gasteiger charge is 1.97. The van der Waals surface area contributed by atoms with E-state index in [1.165, 1.54) is 6.08 Å². The normalized spacial score (nSPS) is 9.21. The van der Waals surface area contributed by atoms with Crippen LogP contribution in [0.1, 0.15) is 6.92 Å². The number of benzene rings is 1. The van der Waals surface area contributed by atoms with Gasteiger partial charge in [-0.05, 0) is 31.2 Å². The highest BCUT2D eigenvalue weighted by Crippen LogP contribution is 2.14. The minimum atomic E-state index is -0.196. The van der Waals surface area contributed by atoms with Crippen LogP contribution in [0.2, 0.25) is 0 Å². The van der Waals surface area contributed by atoms with Crippen LogP contribution in [0.3, 0.4) is 0 Å². The molecule has 0 spiro atoms. The van der Waals surface area contributed by atoms with Gasteiger partial charge >= 0.3 is 0 Å². The van der Waals surface area contributed by atoms with E-state index in [2.05, 4.69) is 17.2 Å². The van der Waals surface area contributed by atoms with Crippen molar-refractivity contribution >= 4 is 17.3 Å². The number of hydrogen-bond acceptors (Lipinski definition) is 2. The Bertz CT molecular complexity index is 334. The Hall–Kier alpha value is -1.77. The molecule has 0 saturated heterocycles. The summed E-state index contributed by atoms with van der Waals surface area (Å²) in [6, 6.07) is 7.55. The van der Waals surface area contributed by atoms with Gasteiger partial charge in [0, 0.05) is 17.9 Å². The van der Waals surface area contributed by atoms with Crippen LogP contribution in [-0.2, 0) is 4.79 Å². The summed E-state index contributed by atoms with van der Waals surface area (Å²) < 4.78 is 0. The van der Waals surface area contributed by atoms with E-state index in [4.69, 9.17) is 0 Å². The lowest BCUT2D eigenvalue weighted by atomic mass is 10.2. The molecular weight excluding hydrogens is 176 g/mol. The van der Waals surface area contributed by atoms with Crippen LogP contribution in [0.25, 0.3) is 0 Å². The van der Waals surface area contributed by atoms with Crippen molar-refractivity contribution in [3.63, 3.8) is 0 Å². The summed E-state index contributed by atoms with van der Waals surface area (Å²) in [7, 11) is 0. The van der Waals surface area contributed by atoms with Crippen molar-refractivity contribution < 1.29 is 4.79 Å². The van der Waals surface area contributed by atoms with Gasteiger partial charge in [0.1, 0.15) is 0 Å². The molecule has 0 radical (unpaired) electrons. The fraction of sp³-hybridized carbons (Fsp3) is 0.182. The molecule has 3 heteroatoms. The Morgan fingerprint density at radius 1 is 1.50 bits per heavy atom. The summed E-state index contributed by atoms with van der Waals surface area (Å²) in [5.41, 5.74) is 1.77. The van der Waals surface area contributed by atoms with Gasteiger partial charge < -0.3 is 10.6 Å². The van der Waals surface area contributed by atoms with Gasteiger partial charge in [-0.15, -0.1) is 0 Å². The number of nitrogens with one attached hydrogen (secondary N) is 2. The van der Waals surface area contributed by atoms with Crippen molar-refractivity contribution in [2.24, 2.45) is 0 Å². The molecule has 74 valence electrons. The summed E-state index contributed by atoms with van der Waals surface area (Å²) in [5, 5.41) is 5.86. The van der Waals surface area contributed by atoms with Gasteiger partial charge in [-0.25, -0.2) is 0 Å². The van der Waals surface area contributed by atoms with Crippen LogP contribution in [-0.4, -0.2) is 12.5 Å². The van der Waals surface area contributed by atoms with Gasteiger partial charge in [0.2, 0.25) is 5.91 Å². The molecule has 1 rings (SSSR count). The maximum atomic E-state index is 11.0. The van der Waals surface area contributed by atoms with Crippen molar-refractivity contribution in [1.29, 1.82) is 0 Å². The van der Waals surface area contributed by atoms with Crippen LogP contribution in [0.4, 0.5) is 11.4 Å². The monoisotopic (exact) mass is 190 g/mol. The maximum absolute atomic E-state index is 11.0. The molecule has 1 aromatic carbocycles. The lowest BCUT2D eigenvalue weighted by molar-refractivity contribution is -0.111. The number of carbonyl (C=O) groups is 1. The Balaban J connectivity index is 2.72. The average molecular weight is 190 g/mol. The molecule has 0 unspecified atom stereocenters. The number of carbonyl (C=O) groups excluding carboxylic acids is 1. The third-order valence-corrected chi connectivity index (χ3v) is 1.70. The molecule has 3 nitrogen and oxygen atoms in total. The van der Waals surface area contributed by atoms with Crippen molar-refractivity contribution in [2.75, 3.05) is 17.2 Å². The molecule has 0 atom stereocenters. The van der Waals surface area contributed by atoms with Gasteiger partial charge in [0.15, 0.2) is 0 Å². The van der Waals surface area contributed by atoms with Gasteiger partial charge in [-0.2, -0.15) is 0 Å². The molecule has 0 aromatic heterocycles. The van der Waals surface area contributed by atoms with Crippen molar-refractivity contribution in [3.8, 4) is 0 Å². The van der Waals surface area contributed by atoms with Crippen molar-refractivity contribution in [2.45, 2.75) is 6.92 Å². The van der Waals surface area contributed by atoms with E-state index >= 15 is 0 Å². The smallest absolute Gasteiger partial charge is 0.247 e. The Morgan fingerprint density at radius 3 is 2.86 bits per heavy atom. The molecule has 0 fully saturated rings. The lowest BCUT2D eigenvalue weighted by Crippen LogP contribution is -2.07. The number of anilines is 2. The molecule has 0 aliphatic rings. The van der Waals surface area contributed by atoms with E-state index in [0.717, 1.165) is 17.9 Å². The SMILES string of the molecule is C=CC(=O)Nc1cccc(NCC)c1. The molecule has 0 saturated carbocycles. The first kappa shape index (κ1) is 10.3. The zero-order valence-electron chi connectivity index (χ0n) is 8.21. The average Bonchev–Trinajstić information content (AvgIpc) is 2.19. The Morgan fingerprint density at radius 2 is 2.21 bits per heavy atom. The first-order chi connectivity index (χ1) is 6.76. The van der Waals surface area contributed by atoms with Crippen molar-refractivity contribution in [1.82, 2.24) is 0 Å². The summed E-state index contributed by atoms with van der Waals surface area (Å²) >= 11 is 0. The van der Waals surface area contributed by atoms with E-state index in [-0.39, 0.29) is 5.91 Å². The number of hydrogen-bond donors (Lipinski definition) is 2. The van der Waals surface area contributed by atoms with E-state index in [9.17, 15) is 4.79 Å². The minimum Gasteiger partial charge on any atom is -0.385 e. The maximum Gasteiger partial charge on any atom is 0.247 e. The van der Waals surface area contributed by atoms with E-state index < -0.39 is 0 Å². The minimum absolute atomic E-state index is 0.196. The molecule has 0 aliphatic heterocycles. The highest BCUT2D eigenvalue weighted by molar-refractivity contribution is 5.99. The fourth-order valence-corrected chi connectivity index (χ4v) is 1.10. The van der Waals surface area contributed by atoms with E-state index in [1.54, 1.807) is 0 Å². The topological polar surface area (TPSA) is 41.1 Å². The van der Waals surface area contributed by atoms with Gasteiger partial charge in [-0.1, -0.05) is 12.6 Å². The van der Waals surface area contributed by atoms with Crippen LogP contribution in [0.15, 0.2) is 36.9 Å². The van der Waals surface area contributed by atoms with Crippen molar-refractivity contribution in [3.05, 3.63) is 36.9 Å². The summed E-state index contributed by atoms with van der Waals surface area (Å²) in [5.74, 6) is -0.196. The zero-order chi connectivity index (χ0) is 10.4. The molecule has 2 N–H and O–H groups in total. The first-order valence-electron chi connectivity index (χ1n) is 4.53. The second-order valence-electron chi connectivity index (χ2n) is 2.80. The Kier molecular flexibility index (Phi) is 3.73. The molecule has 0 bridgehead atoms. The first-order valence-corrected chi connectivity index (χ1v) is 4.53. The van der Waals surface area contributed by atoms with Crippen LogP contribution >= 0.6 is 0 Å². The number of rotatable bonds is 4. The standard InChI is InChI=1S/C11H14N2O/c1-3-11(14)13-10-7-5-6-9(8-10)12-4-2/h3,5-8,12H,1,4H2,2H3,(H,13,14). The van der Waals surface area contributed by atoms with Crippen LogP contribution < -0.4 is 10.6 Å². The quantitative estimate of drug-likeness (QED) is 0.715. The summed E-state index contributed by atoms with van der Waals surface area (Å²) in [6.07, 6.45) is 1.25. The van der Waals surface area contributed by atoms with Gasteiger partial charge in [-0.3, -0.25) is 4.79 Å². The molecule has 0 heterocycles. The predicted molar refractivity (Wildman–Crippen MR) is 59.4 cm³/mol. The van der Waals surface area contributed by atoms with E-state index in [0.29, 0.717) is 0 Å². The van der Waals surface area contributed by atoms with Crippen LogP contribution in [0.5, 0.6) is 0 Å².